The van der Waals surface area contributed by atoms with Gasteiger partial charge in [-0.25, -0.2) is 0 Å². The monoisotopic (exact) mass is 296 g/mol. The van der Waals surface area contributed by atoms with Gasteiger partial charge in [-0.1, -0.05) is 28.1 Å². The van der Waals surface area contributed by atoms with E-state index in [9.17, 15) is 18.0 Å². The Morgan fingerprint density at radius 3 is 2.25 bits per heavy atom. The lowest BCUT2D eigenvalue weighted by Crippen LogP contribution is -2.30. The lowest BCUT2D eigenvalue weighted by atomic mass is 10.1. The van der Waals surface area contributed by atoms with E-state index >= 15 is 0 Å². The highest BCUT2D eigenvalue weighted by Crippen LogP contribution is 2.23. The molecule has 88 valence electrons. The molecular weight excluding hydrogens is 289 g/mol. The molecule has 0 saturated heterocycles. The van der Waals surface area contributed by atoms with Crippen molar-refractivity contribution in [3.05, 3.63) is 34.3 Å². The fourth-order valence-corrected chi connectivity index (χ4v) is 1.31. The first kappa shape index (κ1) is 13.2. The van der Waals surface area contributed by atoms with Crippen LogP contribution in [0.1, 0.15) is 16.8 Å². The van der Waals surface area contributed by atoms with Gasteiger partial charge < -0.3 is 5.11 Å². The summed E-state index contributed by atoms with van der Waals surface area (Å²) in [5.74, 6) is -0.739. The number of hydrogen-bond donors (Lipinski definition) is 1. The average molecular weight is 297 g/mol. The molecule has 16 heavy (non-hydrogen) atoms. The molecule has 0 aliphatic carbocycles. The SMILES string of the molecule is O=C(C[C@@H](O)C(F)(F)F)c1ccc(Br)cc1. The molecule has 0 amide bonds. The summed E-state index contributed by atoms with van der Waals surface area (Å²) < 4.78 is 36.7. The summed E-state index contributed by atoms with van der Waals surface area (Å²) in [5.41, 5.74) is 0.145. The maximum Gasteiger partial charge on any atom is 0.414 e. The standard InChI is InChI=1S/C10H8BrF3O2/c11-7-3-1-6(2-4-7)8(15)5-9(16)10(12,13)14/h1-4,9,16H,5H2/t9-/m1/s1. The molecule has 6 heteroatoms. The molecule has 1 aromatic carbocycles. The number of alkyl halides is 3. The van der Waals surface area contributed by atoms with Crippen LogP contribution in [-0.4, -0.2) is 23.2 Å². The van der Waals surface area contributed by atoms with Crippen LogP contribution in [0.2, 0.25) is 0 Å². The summed E-state index contributed by atoms with van der Waals surface area (Å²) in [5, 5.41) is 8.72. The molecule has 0 unspecified atom stereocenters. The highest BCUT2D eigenvalue weighted by atomic mass is 79.9. The zero-order valence-corrected chi connectivity index (χ0v) is 9.55. The minimum atomic E-state index is -4.76. The lowest BCUT2D eigenvalue weighted by Gasteiger charge is -2.13. The van der Waals surface area contributed by atoms with E-state index in [0.717, 1.165) is 4.47 Å². The Bertz CT molecular complexity index is 373. The topological polar surface area (TPSA) is 37.3 Å². The molecule has 0 aliphatic rings. The van der Waals surface area contributed by atoms with Crippen molar-refractivity contribution >= 4 is 21.7 Å². The molecule has 0 saturated carbocycles. The zero-order valence-electron chi connectivity index (χ0n) is 7.96. The van der Waals surface area contributed by atoms with Gasteiger partial charge in [0, 0.05) is 16.5 Å². The molecule has 0 fully saturated rings. The number of aliphatic hydroxyl groups excluding tert-OH is 1. The van der Waals surface area contributed by atoms with Crippen molar-refractivity contribution in [1.82, 2.24) is 0 Å². The Morgan fingerprint density at radius 2 is 1.81 bits per heavy atom. The van der Waals surface area contributed by atoms with Gasteiger partial charge in [-0.15, -0.1) is 0 Å². The normalized spacial score (nSPS) is 13.6. The minimum Gasteiger partial charge on any atom is -0.383 e. The Kier molecular flexibility index (Phi) is 4.09. The predicted octanol–water partition coefficient (Wildman–Crippen LogP) is 2.95. The van der Waals surface area contributed by atoms with E-state index in [2.05, 4.69) is 15.9 Å². The van der Waals surface area contributed by atoms with Crippen LogP contribution in [0.15, 0.2) is 28.7 Å². The summed E-state index contributed by atoms with van der Waals surface area (Å²) in [4.78, 5) is 11.3. The molecule has 2 nitrogen and oxygen atoms in total. The van der Waals surface area contributed by atoms with Crippen LogP contribution in [-0.2, 0) is 0 Å². The number of carbonyl (C=O) groups is 1. The van der Waals surface area contributed by atoms with Crippen LogP contribution >= 0.6 is 15.9 Å². The molecule has 0 aromatic heterocycles. The van der Waals surface area contributed by atoms with Crippen LogP contribution in [0.5, 0.6) is 0 Å². The number of aliphatic hydroxyl groups is 1. The van der Waals surface area contributed by atoms with Crippen LogP contribution < -0.4 is 0 Å². The number of hydrogen-bond acceptors (Lipinski definition) is 2. The highest BCUT2D eigenvalue weighted by molar-refractivity contribution is 9.10. The van der Waals surface area contributed by atoms with Crippen LogP contribution in [0, 0.1) is 0 Å². The third kappa shape index (κ3) is 3.61. The fourth-order valence-electron chi connectivity index (χ4n) is 1.04. The van der Waals surface area contributed by atoms with E-state index < -0.39 is 24.5 Å². The van der Waals surface area contributed by atoms with Crippen LogP contribution in [0.25, 0.3) is 0 Å². The molecule has 1 aromatic rings. The third-order valence-corrected chi connectivity index (χ3v) is 2.45. The van der Waals surface area contributed by atoms with Crippen LogP contribution in [0.3, 0.4) is 0 Å². The van der Waals surface area contributed by atoms with Gasteiger partial charge in [0.15, 0.2) is 11.9 Å². The first-order chi connectivity index (χ1) is 7.30. The Hall–Kier alpha value is -0.880. The molecular formula is C10H8BrF3O2. The molecule has 0 heterocycles. The smallest absolute Gasteiger partial charge is 0.383 e. The van der Waals surface area contributed by atoms with Gasteiger partial charge >= 0.3 is 6.18 Å². The Balaban J connectivity index is 2.70. The maximum absolute atomic E-state index is 12.0. The van der Waals surface area contributed by atoms with Gasteiger partial charge in [0.05, 0.1) is 0 Å². The number of carbonyl (C=O) groups excluding carboxylic acids is 1. The molecule has 1 N–H and O–H groups in total. The largest absolute Gasteiger partial charge is 0.414 e. The van der Waals surface area contributed by atoms with Gasteiger partial charge in [0.2, 0.25) is 0 Å². The van der Waals surface area contributed by atoms with Gasteiger partial charge in [-0.2, -0.15) is 13.2 Å². The van der Waals surface area contributed by atoms with Crippen molar-refractivity contribution in [2.24, 2.45) is 0 Å². The highest BCUT2D eigenvalue weighted by Gasteiger charge is 2.39. The van der Waals surface area contributed by atoms with E-state index in [-0.39, 0.29) is 5.56 Å². The maximum atomic E-state index is 12.0. The quantitative estimate of drug-likeness (QED) is 0.871. The summed E-state index contributed by atoms with van der Waals surface area (Å²) in [7, 11) is 0. The zero-order chi connectivity index (χ0) is 12.3. The van der Waals surface area contributed by atoms with Gasteiger partial charge in [0.25, 0.3) is 0 Å². The summed E-state index contributed by atoms with van der Waals surface area (Å²) in [6.45, 7) is 0. The van der Waals surface area contributed by atoms with Crippen molar-refractivity contribution < 1.29 is 23.1 Å². The number of ketones is 1. The number of benzene rings is 1. The first-order valence-electron chi connectivity index (χ1n) is 4.34. The summed E-state index contributed by atoms with van der Waals surface area (Å²) in [6, 6.07) is 5.89. The fraction of sp³-hybridized carbons (Fsp3) is 0.300. The second-order valence-electron chi connectivity index (χ2n) is 3.19. The second kappa shape index (κ2) is 4.97. The number of halogens is 4. The van der Waals surface area contributed by atoms with Crippen LogP contribution in [0.4, 0.5) is 13.2 Å². The van der Waals surface area contributed by atoms with Gasteiger partial charge in [-0.05, 0) is 12.1 Å². The molecule has 0 aliphatic heterocycles. The van der Waals surface area contributed by atoms with E-state index in [0.29, 0.717) is 0 Å². The second-order valence-corrected chi connectivity index (χ2v) is 4.11. The van der Waals surface area contributed by atoms with E-state index in [1.807, 2.05) is 0 Å². The third-order valence-electron chi connectivity index (χ3n) is 1.92. The molecule has 0 spiro atoms. The van der Waals surface area contributed by atoms with E-state index in [1.54, 1.807) is 12.1 Å². The van der Waals surface area contributed by atoms with Gasteiger partial charge in [0.1, 0.15) is 0 Å². The molecule has 0 radical (unpaired) electrons. The molecule has 0 bridgehead atoms. The van der Waals surface area contributed by atoms with Crippen molar-refractivity contribution in [3.8, 4) is 0 Å². The number of Topliss-reactive ketones (excluding diaryl/α,β-unsaturated/α-hetero) is 1. The Morgan fingerprint density at radius 1 is 1.31 bits per heavy atom. The van der Waals surface area contributed by atoms with Crippen molar-refractivity contribution in [2.75, 3.05) is 0 Å². The molecule has 1 atom stereocenters. The molecule has 1 rings (SSSR count). The van der Waals surface area contributed by atoms with Crippen molar-refractivity contribution in [2.45, 2.75) is 18.7 Å². The summed E-state index contributed by atoms with van der Waals surface area (Å²) >= 11 is 3.14. The lowest BCUT2D eigenvalue weighted by molar-refractivity contribution is -0.202. The number of rotatable bonds is 3. The first-order valence-corrected chi connectivity index (χ1v) is 5.13. The minimum absolute atomic E-state index is 0.145. The van der Waals surface area contributed by atoms with Gasteiger partial charge in [-0.3, -0.25) is 4.79 Å². The summed E-state index contributed by atoms with van der Waals surface area (Å²) in [6.07, 6.45) is -8.32. The average Bonchev–Trinajstić information content (AvgIpc) is 2.17. The predicted molar refractivity (Wildman–Crippen MR) is 55.2 cm³/mol. The Labute approximate surface area is 98.2 Å². The van der Waals surface area contributed by atoms with E-state index in [1.165, 1.54) is 12.1 Å². The van der Waals surface area contributed by atoms with E-state index in [4.69, 9.17) is 5.11 Å². The van der Waals surface area contributed by atoms with Crippen molar-refractivity contribution in [3.63, 3.8) is 0 Å². The van der Waals surface area contributed by atoms with Crippen molar-refractivity contribution in [1.29, 1.82) is 0 Å².